The summed E-state index contributed by atoms with van der Waals surface area (Å²) in [4.78, 5) is 30.4. The van der Waals surface area contributed by atoms with Crippen LogP contribution < -0.4 is 14.8 Å². The van der Waals surface area contributed by atoms with Crippen LogP contribution in [0.5, 0.6) is 11.5 Å². The molecule has 0 saturated carbocycles. The minimum Gasteiger partial charge on any atom is -0.497 e. The average molecular weight is 589 g/mol. The predicted molar refractivity (Wildman–Crippen MR) is 154 cm³/mol. The van der Waals surface area contributed by atoms with Gasteiger partial charge in [0.2, 0.25) is 17.6 Å². The highest BCUT2D eigenvalue weighted by atomic mass is 19.1. The predicted octanol–water partition coefficient (Wildman–Crippen LogP) is 3.56. The smallest absolute Gasteiger partial charge is 0.247 e. The molecule has 1 saturated heterocycles. The molecule has 0 radical (unpaired) electrons. The number of amides is 2. The van der Waals surface area contributed by atoms with E-state index >= 15 is 0 Å². The zero-order chi connectivity index (χ0) is 30.2. The van der Waals surface area contributed by atoms with Crippen molar-refractivity contribution in [1.29, 1.82) is 0 Å². The Balaban J connectivity index is 1.44. The summed E-state index contributed by atoms with van der Waals surface area (Å²) in [5.74, 6) is 0.384. The van der Waals surface area contributed by atoms with Gasteiger partial charge in [-0.1, -0.05) is 24.3 Å². The van der Waals surface area contributed by atoms with Gasteiger partial charge in [0.15, 0.2) is 0 Å². The Morgan fingerprint density at radius 3 is 2.33 bits per heavy atom. The van der Waals surface area contributed by atoms with Gasteiger partial charge in [0.05, 0.1) is 20.3 Å². The number of aromatic nitrogens is 4. The number of nitrogens with one attached hydrogen (secondary N) is 1. The number of nitrogens with zero attached hydrogens (tertiary/aromatic N) is 5. The first kappa shape index (κ1) is 29.6. The molecule has 0 bridgehead atoms. The van der Waals surface area contributed by atoms with E-state index in [1.807, 2.05) is 12.1 Å². The van der Waals surface area contributed by atoms with Crippen LogP contribution in [-0.4, -0.2) is 70.4 Å². The summed E-state index contributed by atoms with van der Waals surface area (Å²) in [6.45, 7) is 0.749. The molecule has 3 aromatic carbocycles. The Morgan fingerprint density at radius 1 is 1.02 bits per heavy atom. The van der Waals surface area contributed by atoms with Crippen molar-refractivity contribution in [2.24, 2.45) is 0 Å². The van der Waals surface area contributed by atoms with Gasteiger partial charge in [0.25, 0.3) is 0 Å². The van der Waals surface area contributed by atoms with Crippen LogP contribution in [0.3, 0.4) is 0 Å². The highest BCUT2D eigenvalue weighted by molar-refractivity contribution is 5.88. The maximum atomic E-state index is 14.0. The summed E-state index contributed by atoms with van der Waals surface area (Å²) >= 11 is 0. The van der Waals surface area contributed by atoms with Crippen LogP contribution in [0.25, 0.3) is 11.4 Å². The molecule has 1 aliphatic rings. The van der Waals surface area contributed by atoms with Crippen LogP contribution in [0.4, 0.5) is 4.39 Å². The lowest BCUT2D eigenvalue weighted by molar-refractivity contribution is -0.142. The standard InChI is InChI=1S/C31H33FN6O5/c1-41-25-13-5-21(6-14-25)19-37(28(39)20-38-35-30(34-36-38)23-9-15-26(42-2)16-10-23)29(22-7-11-24(32)12-8-22)31(40)33-18-27-4-3-17-43-27/h5-16,27,29H,3-4,17-20H2,1-2H3,(H,33,40)/t27-,29+/m0/s1. The summed E-state index contributed by atoms with van der Waals surface area (Å²) in [6.07, 6.45) is 1.66. The summed E-state index contributed by atoms with van der Waals surface area (Å²) in [5, 5.41) is 15.5. The number of hydrogen-bond donors (Lipinski definition) is 1. The zero-order valence-electron chi connectivity index (χ0n) is 24.0. The Morgan fingerprint density at radius 2 is 1.70 bits per heavy atom. The lowest BCUT2D eigenvalue weighted by Gasteiger charge is -2.31. The van der Waals surface area contributed by atoms with Crippen molar-refractivity contribution in [2.45, 2.75) is 38.1 Å². The topological polar surface area (TPSA) is 121 Å². The zero-order valence-corrected chi connectivity index (χ0v) is 24.0. The van der Waals surface area contributed by atoms with Gasteiger partial charge < -0.3 is 24.4 Å². The quantitative estimate of drug-likeness (QED) is 0.267. The molecule has 1 aromatic heterocycles. The molecule has 2 amide bonds. The number of rotatable bonds is 12. The van der Waals surface area contributed by atoms with Crippen molar-refractivity contribution >= 4 is 11.8 Å². The van der Waals surface area contributed by atoms with E-state index in [2.05, 4.69) is 20.7 Å². The molecule has 12 heteroatoms. The van der Waals surface area contributed by atoms with E-state index < -0.39 is 23.7 Å². The van der Waals surface area contributed by atoms with Crippen molar-refractivity contribution in [3.05, 3.63) is 89.7 Å². The van der Waals surface area contributed by atoms with Gasteiger partial charge in [-0.3, -0.25) is 9.59 Å². The lowest BCUT2D eigenvalue weighted by atomic mass is 10.0. The highest BCUT2D eigenvalue weighted by Gasteiger charge is 2.33. The van der Waals surface area contributed by atoms with Gasteiger partial charge in [-0.15, -0.1) is 10.2 Å². The minimum atomic E-state index is -1.07. The molecule has 11 nitrogen and oxygen atoms in total. The average Bonchev–Trinajstić information content (AvgIpc) is 3.73. The normalized spacial score (nSPS) is 15.1. The molecule has 1 fully saturated rings. The van der Waals surface area contributed by atoms with Gasteiger partial charge in [-0.25, -0.2) is 4.39 Å². The van der Waals surface area contributed by atoms with Crippen LogP contribution in [0.1, 0.15) is 30.0 Å². The molecular weight excluding hydrogens is 555 g/mol. The van der Waals surface area contributed by atoms with Crippen LogP contribution >= 0.6 is 0 Å². The van der Waals surface area contributed by atoms with Gasteiger partial charge in [-0.05, 0) is 77.7 Å². The summed E-state index contributed by atoms with van der Waals surface area (Å²) < 4.78 is 30.1. The van der Waals surface area contributed by atoms with E-state index in [0.717, 1.165) is 18.4 Å². The number of tetrazole rings is 1. The summed E-state index contributed by atoms with van der Waals surface area (Å²) in [5.41, 5.74) is 1.92. The first-order chi connectivity index (χ1) is 20.9. The fourth-order valence-corrected chi connectivity index (χ4v) is 4.86. The number of carbonyl (C=O) groups is 2. The van der Waals surface area contributed by atoms with Crippen LogP contribution in [-0.2, 0) is 27.4 Å². The molecular formula is C31H33FN6O5. The first-order valence-corrected chi connectivity index (χ1v) is 13.9. The monoisotopic (exact) mass is 588 g/mol. The number of hydrogen-bond acceptors (Lipinski definition) is 8. The molecule has 1 aliphatic heterocycles. The summed E-state index contributed by atoms with van der Waals surface area (Å²) in [6, 6.07) is 18.8. The molecule has 1 N–H and O–H groups in total. The van der Waals surface area contributed by atoms with Crippen molar-refractivity contribution in [3.8, 4) is 22.9 Å². The third kappa shape index (κ3) is 7.52. The van der Waals surface area contributed by atoms with Gasteiger partial charge in [-0.2, -0.15) is 4.80 Å². The number of benzene rings is 3. The molecule has 4 aromatic rings. The van der Waals surface area contributed by atoms with Gasteiger partial charge in [0, 0.05) is 25.3 Å². The van der Waals surface area contributed by atoms with Crippen molar-refractivity contribution in [3.63, 3.8) is 0 Å². The Bertz CT molecular complexity index is 1510. The Labute approximate surface area is 248 Å². The Hall–Kier alpha value is -4.84. The highest BCUT2D eigenvalue weighted by Crippen LogP contribution is 2.26. The SMILES string of the molecule is COc1ccc(CN(C(=O)Cn2nnc(-c3ccc(OC)cc3)n2)[C@@H](C(=O)NC[C@@H]2CCCO2)c2ccc(F)cc2)cc1. The van der Waals surface area contributed by atoms with E-state index in [1.165, 1.54) is 34.0 Å². The lowest BCUT2D eigenvalue weighted by Crippen LogP contribution is -2.46. The van der Waals surface area contributed by atoms with Gasteiger partial charge in [0.1, 0.15) is 29.9 Å². The second kappa shape index (κ2) is 13.9. The van der Waals surface area contributed by atoms with Crippen LogP contribution in [0.15, 0.2) is 72.8 Å². The molecule has 0 aliphatic carbocycles. The number of carbonyl (C=O) groups excluding carboxylic acids is 2. The summed E-state index contributed by atoms with van der Waals surface area (Å²) in [7, 11) is 3.15. The van der Waals surface area contributed by atoms with Crippen molar-refractivity contribution in [1.82, 2.24) is 30.4 Å². The molecule has 2 heterocycles. The van der Waals surface area contributed by atoms with E-state index in [-0.39, 0.29) is 19.2 Å². The van der Waals surface area contributed by atoms with E-state index in [0.29, 0.717) is 41.6 Å². The number of halogens is 1. The third-order valence-corrected chi connectivity index (χ3v) is 7.18. The largest absolute Gasteiger partial charge is 0.497 e. The molecule has 2 atom stereocenters. The van der Waals surface area contributed by atoms with E-state index in [1.54, 1.807) is 50.6 Å². The fourth-order valence-electron chi connectivity index (χ4n) is 4.86. The molecule has 5 rings (SSSR count). The first-order valence-electron chi connectivity index (χ1n) is 13.9. The molecule has 224 valence electrons. The second-order valence-corrected chi connectivity index (χ2v) is 10.1. The molecule has 0 spiro atoms. The van der Waals surface area contributed by atoms with E-state index in [9.17, 15) is 14.0 Å². The Kier molecular flexibility index (Phi) is 9.57. The third-order valence-electron chi connectivity index (χ3n) is 7.18. The molecule has 43 heavy (non-hydrogen) atoms. The van der Waals surface area contributed by atoms with Gasteiger partial charge >= 0.3 is 0 Å². The fraction of sp³-hybridized carbons (Fsp3) is 0.323. The van der Waals surface area contributed by atoms with Crippen molar-refractivity contribution in [2.75, 3.05) is 27.4 Å². The van der Waals surface area contributed by atoms with Crippen molar-refractivity contribution < 1.29 is 28.2 Å². The second-order valence-electron chi connectivity index (χ2n) is 10.1. The van der Waals surface area contributed by atoms with Crippen LogP contribution in [0.2, 0.25) is 0 Å². The molecule has 0 unspecified atom stereocenters. The maximum Gasteiger partial charge on any atom is 0.247 e. The maximum absolute atomic E-state index is 14.0. The minimum absolute atomic E-state index is 0.0816. The van der Waals surface area contributed by atoms with E-state index in [4.69, 9.17) is 14.2 Å². The number of methoxy groups -OCH3 is 2. The van der Waals surface area contributed by atoms with Crippen LogP contribution in [0, 0.1) is 5.82 Å². The number of ether oxygens (including phenoxy) is 3.